The van der Waals surface area contributed by atoms with E-state index in [0.29, 0.717) is 11.8 Å². The molecule has 1 aliphatic heterocycles. The molecule has 3 nitrogen and oxygen atoms in total. The summed E-state index contributed by atoms with van der Waals surface area (Å²) in [6.45, 7) is 9.46. The quantitative estimate of drug-likeness (QED) is 0.885. The molecule has 1 heterocycles. The number of ether oxygens (including phenoxy) is 1. The van der Waals surface area contributed by atoms with Crippen molar-refractivity contribution >= 4 is 0 Å². The van der Waals surface area contributed by atoms with E-state index in [1.807, 2.05) is 19.9 Å². The lowest BCUT2D eigenvalue weighted by molar-refractivity contribution is 0.123. The molecule has 2 aromatic carbocycles. The summed E-state index contributed by atoms with van der Waals surface area (Å²) in [6, 6.07) is 14.9. The highest BCUT2D eigenvalue weighted by Gasteiger charge is 2.32. The molecule has 2 atom stereocenters. The number of fused-ring (bicyclic) bond motifs is 1. The van der Waals surface area contributed by atoms with Crippen LogP contribution in [0, 0.1) is 0 Å². The number of phenols is 1. The van der Waals surface area contributed by atoms with Gasteiger partial charge in [-0.1, -0.05) is 30.3 Å². The molecule has 3 heteroatoms. The Balaban J connectivity index is 1.96. The van der Waals surface area contributed by atoms with Gasteiger partial charge in [-0.05, 0) is 51.3 Å². The van der Waals surface area contributed by atoms with E-state index in [-0.39, 0.29) is 12.1 Å². The zero-order valence-corrected chi connectivity index (χ0v) is 15.0. The third-order valence-electron chi connectivity index (χ3n) is 4.78. The molecule has 1 aliphatic rings. The summed E-state index contributed by atoms with van der Waals surface area (Å²) in [5.41, 5.74) is 3.75. The highest BCUT2D eigenvalue weighted by Crippen LogP contribution is 2.42. The van der Waals surface area contributed by atoms with E-state index in [1.165, 1.54) is 16.7 Å². The number of rotatable bonds is 4. The second kappa shape index (κ2) is 6.86. The Labute approximate surface area is 144 Å². The fraction of sp³-hybridized carbons (Fsp3) is 0.429. The second-order valence-electron chi connectivity index (χ2n) is 7.07. The minimum absolute atomic E-state index is 0.0880. The van der Waals surface area contributed by atoms with Crippen LogP contribution in [0.1, 0.15) is 50.4 Å². The number of phenolic OH excluding ortho intramolecular Hbond substituents is 1. The molecule has 24 heavy (non-hydrogen) atoms. The summed E-state index contributed by atoms with van der Waals surface area (Å²) in [4.78, 5) is 2.52. The third kappa shape index (κ3) is 3.41. The predicted molar refractivity (Wildman–Crippen MR) is 97.4 cm³/mol. The van der Waals surface area contributed by atoms with E-state index < -0.39 is 0 Å². The van der Waals surface area contributed by atoms with Gasteiger partial charge in [-0.2, -0.15) is 0 Å². The van der Waals surface area contributed by atoms with Crippen LogP contribution in [0.4, 0.5) is 0 Å². The summed E-state index contributed by atoms with van der Waals surface area (Å²) in [5, 5.41) is 10.1. The molecule has 0 saturated heterocycles. The van der Waals surface area contributed by atoms with Crippen molar-refractivity contribution in [1.29, 1.82) is 0 Å². The van der Waals surface area contributed by atoms with Gasteiger partial charge < -0.3 is 9.84 Å². The van der Waals surface area contributed by atoms with Crippen LogP contribution in [0.5, 0.6) is 11.5 Å². The van der Waals surface area contributed by atoms with Crippen molar-refractivity contribution in [3.05, 3.63) is 59.2 Å². The van der Waals surface area contributed by atoms with Gasteiger partial charge in [0, 0.05) is 30.3 Å². The lowest BCUT2D eigenvalue weighted by Crippen LogP contribution is -2.40. The summed E-state index contributed by atoms with van der Waals surface area (Å²) in [5.74, 6) is 1.11. The summed E-state index contributed by atoms with van der Waals surface area (Å²) in [6.07, 6.45) is 1.01. The molecule has 3 rings (SSSR count). The highest BCUT2D eigenvalue weighted by molar-refractivity contribution is 5.49. The molecule has 0 fully saturated rings. The molecule has 0 radical (unpaired) electrons. The standard InChI is InChI=1S/C21H27NO2/c1-14(2)24-20-12-19(23)11-18-10-15(3)22(16(4)21(18)20)13-17-8-6-5-7-9-17/h5-9,11-12,14-16,23H,10,13H2,1-4H3/t15-,16-/m1/s1. The Bertz CT molecular complexity index is 696. The van der Waals surface area contributed by atoms with Crippen molar-refractivity contribution in [2.75, 3.05) is 0 Å². The van der Waals surface area contributed by atoms with E-state index in [1.54, 1.807) is 6.07 Å². The fourth-order valence-corrected chi connectivity index (χ4v) is 3.73. The lowest BCUT2D eigenvalue weighted by atomic mass is 9.88. The Kier molecular flexibility index (Phi) is 4.81. The van der Waals surface area contributed by atoms with E-state index in [2.05, 4.69) is 49.1 Å². The molecular weight excluding hydrogens is 298 g/mol. The first-order valence-electron chi connectivity index (χ1n) is 8.77. The summed E-state index contributed by atoms with van der Waals surface area (Å²) >= 11 is 0. The lowest BCUT2D eigenvalue weighted by Gasteiger charge is -2.41. The van der Waals surface area contributed by atoms with Crippen molar-refractivity contribution in [2.45, 2.75) is 58.8 Å². The van der Waals surface area contributed by atoms with Crippen LogP contribution < -0.4 is 4.74 Å². The van der Waals surface area contributed by atoms with E-state index in [9.17, 15) is 5.11 Å². The van der Waals surface area contributed by atoms with Crippen LogP contribution in [0.15, 0.2) is 42.5 Å². The maximum absolute atomic E-state index is 10.1. The van der Waals surface area contributed by atoms with Gasteiger partial charge in [-0.15, -0.1) is 0 Å². The van der Waals surface area contributed by atoms with Crippen LogP contribution in [-0.4, -0.2) is 22.2 Å². The van der Waals surface area contributed by atoms with Gasteiger partial charge in [-0.25, -0.2) is 0 Å². The molecule has 0 spiro atoms. The number of hydrogen-bond donors (Lipinski definition) is 1. The topological polar surface area (TPSA) is 32.7 Å². The molecule has 0 aliphatic carbocycles. The second-order valence-corrected chi connectivity index (χ2v) is 7.07. The predicted octanol–water partition coefficient (Wildman–Crippen LogP) is 4.69. The molecule has 1 N–H and O–H groups in total. The Hall–Kier alpha value is -2.00. The van der Waals surface area contributed by atoms with Crippen molar-refractivity contribution in [1.82, 2.24) is 4.90 Å². The zero-order valence-electron chi connectivity index (χ0n) is 15.0. The van der Waals surface area contributed by atoms with Gasteiger partial charge in [0.1, 0.15) is 11.5 Å². The van der Waals surface area contributed by atoms with E-state index in [0.717, 1.165) is 18.7 Å². The minimum Gasteiger partial charge on any atom is -0.508 e. The van der Waals surface area contributed by atoms with Gasteiger partial charge in [0.05, 0.1) is 6.10 Å². The van der Waals surface area contributed by atoms with Crippen LogP contribution in [-0.2, 0) is 13.0 Å². The monoisotopic (exact) mass is 325 g/mol. The third-order valence-corrected chi connectivity index (χ3v) is 4.78. The van der Waals surface area contributed by atoms with Crippen molar-refractivity contribution in [3.63, 3.8) is 0 Å². The molecule has 0 bridgehead atoms. The van der Waals surface area contributed by atoms with Crippen molar-refractivity contribution in [2.24, 2.45) is 0 Å². The fourth-order valence-electron chi connectivity index (χ4n) is 3.73. The largest absolute Gasteiger partial charge is 0.508 e. The molecule has 0 saturated carbocycles. The first kappa shape index (κ1) is 16.8. The average molecular weight is 325 g/mol. The average Bonchev–Trinajstić information content (AvgIpc) is 2.51. The zero-order chi connectivity index (χ0) is 17.3. The van der Waals surface area contributed by atoms with Crippen LogP contribution in [0.2, 0.25) is 0 Å². The Morgan fingerprint density at radius 3 is 2.54 bits per heavy atom. The molecular formula is C21H27NO2. The molecule has 128 valence electrons. The van der Waals surface area contributed by atoms with E-state index in [4.69, 9.17) is 4.74 Å². The molecule has 2 aromatic rings. The molecule has 0 unspecified atom stereocenters. The van der Waals surface area contributed by atoms with Gasteiger partial charge in [0.25, 0.3) is 0 Å². The summed E-state index contributed by atoms with van der Waals surface area (Å²) in [7, 11) is 0. The molecule has 0 aromatic heterocycles. The molecule has 0 amide bonds. The first-order chi connectivity index (χ1) is 11.5. The van der Waals surface area contributed by atoms with Crippen molar-refractivity contribution < 1.29 is 9.84 Å². The Morgan fingerprint density at radius 1 is 1.17 bits per heavy atom. The van der Waals surface area contributed by atoms with Gasteiger partial charge >= 0.3 is 0 Å². The number of aromatic hydroxyl groups is 1. The normalized spacial score (nSPS) is 20.9. The van der Waals surface area contributed by atoms with Gasteiger partial charge in [-0.3, -0.25) is 4.90 Å². The van der Waals surface area contributed by atoms with Gasteiger partial charge in [0.2, 0.25) is 0 Å². The van der Waals surface area contributed by atoms with Gasteiger partial charge in [0.15, 0.2) is 0 Å². The first-order valence-corrected chi connectivity index (χ1v) is 8.77. The number of nitrogens with zero attached hydrogens (tertiary/aromatic N) is 1. The maximum Gasteiger partial charge on any atom is 0.128 e. The minimum atomic E-state index is 0.0880. The van der Waals surface area contributed by atoms with Crippen molar-refractivity contribution in [3.8, 4) is 11.5 Å². The highest BCUT2D eigenvalue weighted by atomic mass is 16.5. The van der Waals surface area contributed by atoms with E-state index >= 15 is 0 Å². The maximum atomic E-state index is 10.1. The smallest absolute Gasteiger partial charge is 0.128 e. The van der Waals surface area contributed by atoms with Crippen LogP contribution in [0.25, 0.3) is 0 Å². The summed E-state index contributed by atoms with van der Waals surface area (Å²) < 4.78 is 6.01. The number of benzene rings is 2. The van der Waals surface area contributed by atoms with Crippen LogP contribution >= 0.6 is 0 Å². The van der Waals surface area contributed by atoms with Crippen LogP contribution in [0.3, 0.4) is 0 Å². The Morgan fingerprint density at radius 2 is 1.88 bits per heavy atom. The number of hydrogen-bond acceptors (Lipinski definition) is 3. The SMILES string of the molecule is CC(C)Oc1cc(O)cc2c1[C@@H](C)N(Cc1ccccc1)[C@H](C)C2.